The Morgan fingerprint density at radius 3 is 3.05 bits per heavy atom. The molecule has 4 rings (SSSR count). The molecular weight excluding hydrogens is 312 g/mol. The molecule has 0 spiro atoms. The third kappa shape index (κ3) is 1.85. The largest absolute Gasteiger partial charge is 0.485 e. The zero-order valence-electron chi connectivity index (χ0n) is 10.8. The summed E-state index contributed by atoms with van der Waals surface area (Å²) in [6.07, 6.45) is 18.1. The molecular formula is C18H13BrO. The molecule has 3 atom stereocenters. The van der Waals surface area contributed by atoms with E-state index in [1.807, 2.05) is 12.2 Å². The van der Waals surface area contributed by atoms with E-state index < -0.39 is 0 Å². The number of ether oxygens (including phenoxy) is 1. The molecule has 98 valence electrons. The van der Waals surface area contributed by atoms with Crippen molar-refractivity contribution in [3.8, 4) is 0 Å². The molecule has 1 aliphatic heterocycles. The van der Waals surface area contributed by atoms with Crippen molar-refractivity contribution >= 4 is 15.9 Å². The number of rotatable bonds is 1. The first-order valence-corrected chi connectivity index (χ1v) is 7.63. The van der Waals surface area contributed by atoms with E-state index in [1.54, 1.807) is 0 Å². The Morgan fingerprint density at radius 1 is 1.25 bits per heavy atom. The molecule has 0 saturated carbocycles. The number of halogens is 1. The highest BCUT2D eigenvalue weighted by Gasteiger charge is 2.40. The molecule has 0 amide bonds. The summed E-state index contributed by atoms with van der Waals surface area (Å²) in [5.41, 5.74) is 8.74. The smallest absolute Gasteiger partial charge is 0.127 e. The standard InChI is InChI=1S/C18H13BrO/c19-13-9-10-16-15(11-13)18-14(7-4-8-17(18)20-16)12-5-2-1-3-6-12/h2,4-6,8-11,14-16H,7H2/t14-,15?,16?/m1/s1. The lowest BCUT2D eigenvalue weighted by molar-refractivity contribution is 0.173. The minimum Gasteiger partial charge on any atom is -0.485 e. The molecule has 1 heterocycles. The van der Waals surface area contributed by atoms with Crippen molar-refractivity contribution in [2.24, 2.45) is 11.8 Å². The molecule has 20 heavy (non-hydrogen) atoms. The first kappa shape index (κ1) is 12.1. The third-order valence-electron chi connectivity index (χ3n) is 4.14. The van der Waals surface area contributed by atoms with Gasteiger partial charge >= 0.3 is 0 Å². The first-order chi connectivity index (χ1) is 9.83. The minimum atomic E-state index is 0.144. The van der Waals surface area contributed by atoms with Crippen molar-refractivity contribution in [1.29, 1.82) is 0 Å². The van der Waals surface area contributed by atoms with Gasteiger partial charge in [0, 0.05) is 16.3 Å². The van der Waals surface area contributed by atoms with Gasteiger partial charge in [-0.05, 0) is 54.0 Å². The maximum absolute atomic E-state index is 6.09. The molecule has 0 aromatic heterocycles. The molecule has 2 heteroatoms. The van der Waals surface area contributed by atoms with Crippen LogP contribution in [0.5, 0.6) is 0 Å². The van der Waals surface area contributed by atoms with Gasteiger partial charge in [0.1, 0.15) is 11.9 Å². The van der Waals surface area contributed by atoms with E-state index in [1.165, 1.54) is 11.1 Å². The van der Waals surface area contributed by atoms with Gasteiger partial charge in [0.25, 0.3) is 0 Å². The first-order valence-electron chi connectivity index (χ1n) is 6.83. The summed E-state index contributed by atoms with van der Waals surface area (Å²) in [6, 6.07) is 0. The minimum absolute atomic E-state index is 0.144. The van der Waals surface area contributed by atoms with Crippen molar-refractivity contribution in [3.63, 3.8) is 0 Å². The quantitative estimate of drug-likeness (QED) is 0.646. The molecule has 2 unspecified atom stereocenters. The zero-order valence-corrected chi connectivity index (χ0v) is 12.4. The van der Waals surface area contributed by atoms with Crippen molar-refractivity contribution in [2.75, 3.05) is 0 Å². The maximum Gasteiger partial charge on any atom is 0.127 e. The van der Waals surface area contributed by atoms with Crippen LogP contribution in [0.4, 0.5) is 0 Å². The molecule has 1 nitrogen and oxygen atoms in total. The van der Waals surface area contributed by atoms with E-state index in [2.05, 4.69) is 63.8 Å². The van der Waals surface area contributed by atoms with Gasteiger partial charge in [-0.2, -0.15) is 0 Å². The Balaban J connectivity index is 1.76. The number of allylic oxidation sites excluding steroid dienone is 8. The number of hydrogen-bond donors (Lipinski definition) is 0. The summed E-state index contributed by atoms with van der Waals surface area (Å²) >= 11 is 3.58. The Morgan fingerprint density at radius 2 is 2.20 bits per heavy atom. The Bertz CT molecular complexity index is 717. The van der Waals surface area contributed by atoms with Crippen molar-refractivity contribution in [1.82, 2.24) is 0 Å². The fourth-order valence-corrected chi connectivity index (χ4v) is 3.69. The van der Waals surface area contributed by atoms with Gasteiger partial charge in [0.05, 0.1) is 0 Å². The van der Waals surface area contributed by atoms with Crippen LogP contribution >= 0.6 is 15.9 Å². The molecule has 3 aliphatic carbocycles. The van der Waals surface area contributed by atoms with Crippen LogP contribution in [0.2, 0.25) is 0 Å². The second kappa shape index (κ2) is 4.68. The third-order valence-corrected chi connectivity index (χ3v) is 4.67. The predicted molar refractivity (Wildman–Crippen MR) is 83.0 cm³/mol. The lowest BCUT2D eigenvalue weighted by Crippen LogP contribution is -2.21. The molecule has 0 saturated heterocycles. The molecule has 4 aliphatic rings. The predicted octanol–water partition coefficient (Wildman–Crippen LogP) is 4.49. The van der Waals surface area contributed by atoms with Gasteiger partial charge in [-0.3, -0.25) is 0 Å². The average Bonchev–Trinajstić information content (AvgIpc) is 2.86. The molecule has 0 aromatic rings. The van der Waals surface area contributed by atoms with E-state index in [0.717, 1.165) is 16.7 Å². The SMILES string of the molecule is BrC1=CC2C3=C(C=CC[C@@H]3C3=CC=C=C=C3)OC2C=C1. The molecule has 0 radical (unpaired) electrons. The van der Waals surface area contributed by atoms with Crippen LogP contribution < -0.4 is 0 Å². The van der Waals surface area contributed by atoms with E-state index >= 15 is 0 Å². The van der Waals surface area contributed by atoms with E-state index in [9.17, 15) is 0 Å². The number of fused-ring (bicyclic) bond motifs is 2. The van der Waals surface area contributed by atoms with Crippen LogP contribution in [-0.4, -0.2) is 6.10 Å². The van der Waals surface area contributed by atoms with Crippen molar-refractivity contribution in [2.45, 2.75) is 12.5 Å². The second-order valence-corrected chi connectivity index (χ2v) is 6.21. The van der Waals surface area contributed by atoms with Gasteiger partial charge in [0.2, 0.25) is 0 Å². The highest BCUT2D eigenvalue weighted by atomic mass is 79.9. The zero-order chi connectivity index (χ0) is 13.5. The highest BCUT2D eigenvalue weighted by molar-refractivity contribution is 9.11. The van der Waals surface area contributed by atoms with Crippen LogP contribution in [0.15, 0.2) is 81.5 Å². The fraction of sp³-hybridized carbons (Fsp3) is 0.222. The lowest BCUT2D eigenvalue weighted by Gasteiger charge is -2.25. The second-order valence-electron chi connectivity index (χ2n) is 5.30. The summed E-state index contributed by atoms with van der Waals surface area (Å²) < 4.78 is 7.23. The van der Waals surface area contributed by atoms with Crippen LogP contribution in [0.1, 0.15) is 6.42 Å². The summed E-state index contributed by atoms with van der Waals surface area (Å²) in [7, 11) is 0. The van der Waals surface area contributed by atoms with Crippen molar-refractivity contribution in [3.05, 3.63) is 81.5 Å². The van der Waals surface area contributed by atoms with Gasteiger partial charge in [-0.15, -0.1) is 0 Å². The summed E-state index contributed by atoms with van der Waals surface area (Å²) in [5.74, 6) is 1.77. The Kier molecular flexibility index (Phi) is 2.82. The summed E-state index contributed by atoms with van der Waals surface area (Å²) in [6.45, 7) is 0. The normalized spacial score (nSPS) is 32.8. The highest BCUT2D eigenvalue weighted by Crippen LogP contribution is 2.46. The van der Waals surface area contributed by atoms with Gasteiger partial charge in [-0.25, -0.2) is 0 Å². The molecule has 0 bridgehead atoms. The summed E-state index contributed by atoms with van der Waals surface area (Å²) in [4.78, 5) is 0. The van der Waals surface area contributed by atoms with Gasteiger partial charge < -0.3 is 4.74 Å². The van der Waals surface area contributed by atoms with Gasteiger partial charge in [0.15, 0.2) is 0 Å². The fourth-order valence-electron chi connectivity index (χ4n) is 3.26. The van der Waals surface area contributed by atoms with Crippen LogP contribution in [0.25, 0.3) is 0 Å². The molecule has 0 fully saturated rings. The molecule has 0 aromatic carbocycles. The Labute approximate surface area is 126 Å². The maximum atomic E-state index is 6.09. The van der Waals surface area contributed by atoms with Crippen LogP contribution in [0, 0.1) is 11.8 Å². The lowest BCUT2D eigenvalue weighted by atomic mass is 9.76. The van der Waals surface area contributed by atoms with Crippen molar-refractivity contribution < 1.29 is 4.74 Å². The molecule has 0 N–H and O–H groups in total. The van der Waals surface area contributed by atoms with E-state index in [4.69, 9.17) is 4.74 Å². The van der Waals surface area contributed by atoms with Gasteiger partial charge in [-0.1, -0.05) is 39.5 Å². The average molecular weight is 325 g/mol. The number of hydrogen-bond acceptors (Lipinski definition) is 1. The van der Waals surface area contributed by atoms with Crippen LogP contribution in [0.3, 0.4) is 0 Å². The van der Waals surface area contributed by atoms with Crippen LogP contribution in [-0.2, 0) is 4.74 Å². The monoisotopic (exact) mass is 324 g/mol. The topological polar surface area (TPSA) is 9.23 Å². The van der Waals surface area contributed by atoms with E-state index in [-0.39, 0.29) is 6.10 Å². The Hall–Kier alpha value is -1.72. The van der Waals surface area contributed by atoms with E-state index in [0.29, 0.717) is 11.8 Å². The summed E-state index contributed by atoms with van der Waals surface area (Å²) in [5, 5.41) is 0.